The number of carbonyl (C=O) groups excluding carboxylic acids is 1. The van der Waals surface area contributed by atoms with Gasteiger partial charge in [0.05, 0.1) is 6.54 Å². The molecule has 2 atom stereocenters. The number of halogens is 4. The van der Waals surface area contributed by atoms with E-state index in [1.54, 1.807) is 20.0 Å². The first-order valence-corrected chi connectivity index (χ1v) is 6.91. The first kappa shape index (κ1) is 17.6. The van der Waals surface area contributed by atoms with Gasteiger partial charge in [0.15, 0.2) is 6.29 Å². The van der Waals surface area contributed by atoms with E-state index in [0.717, 1.165) is 6.07 Å². The van der Waals surface area contributed by atoms with E-state index < -0.39 is 17.5 Å². The number of fused-ring (bicyclic) bond motifs is 1. The molecular formula is C15H14ClF3N2O2. The van der Waals surface area contributed by atoms with Crippen LogP contribution in [0.2, 0.25) is 5.02 Å². The van der Waals surface area contributed by atoms with E-state index in [1.807, 2.05) is 0 Å². The van der Waals surface area contributed by atoms with Crippen molar-refractivity contribution in [2.45, 2.75) is 17.5 Å². The van der Waals surface area contributed by atoms with E-state index in [4.69, 9.17) is 22.8 Å². The molecule has 1 aliphatic rings. The van der Waals surface area contributed by atoms with E-state index in [1.165, 1.54) is 17.0 Å². The van der Waals surface area contributed by atoms with Gasteiger partial charge in [0.2, 0.25) is 5.72 Å². The molecule has 1 aromatic carbocycles. The van der Waals surface area contributed by atoms with Gasteiger partial charge in [0.1, 0.15) is 0 Å². The molecule has 0 fully saturated rings. The van der Waals surface area contributed by atoms with Gasteiger partial charge in [-0.3, -0.25) is 4.79 Å². The van der Waals surface area contributed by atoms with Crippen molar-refractivity contribution in [1.29, 1.82) is 0 Å². The minimum Gasteiger partial charge on any atom is -0.350 e. The number of alkyl halides is 3. The normalized spacial score (nSPS) is 27.0. The fourth-order valence-electron chi connectivity index (χ4n) is 2.53. The Morgan fingerprint density at radius 1 is 1.48 bits per heavy atom. The lowest BCUT2D eigenvalue weighted by Crippen LogP contribution is -2.62. The van der Waals surface area contributed by atoms with Crippen molar-refractivity contribution in [2.24, 2.45) is 0 Å². The number of benzene rings is 1. The van der Waals surface area contributed by atoms with Crippen molar-refractivity contribution in [3.05, 3.63) is 28.8 Å². The summed E-state index contributed by atoms with van der Waals surface area (Å²) in [6.45, 7) is -0.141. The van der Waals surface area contributed by atoms with E-state index in [-0.39, 0.29) is 29.1 Å². The Morgan fingerprint density at radius 3 is 2.61 bits per heavy atom. The maximum atomic E-state index is 13.8. The third kappa shape index (κ3) is 2.90. The van der Waals surface area contributed by atoms with Crippen molar-refractivity contribution in [2.75, 3.05) is 26.0 Å². The lowest BCUT2D eigenvalue weighted by atomic mass is 9.88. The van der Waals surface area contributed by atoms with Crippen LogP contribution in [0.15, 0.2) is 18.2 Å². The monoisotopic (exact) mass is 346 g/mol. The predicted molar refractivity (Wildman–Crippen MR) is 80.1 cm³/mol. The zero-order valence-corrected chi connectivity index (χ0v) is 13.1. The topological polar surface area (TPSA) is 41.6 Å². The number of likely N-dealkylation sites (N-methyl/N-ethyl adjacent to an activating group) is 1. The standard InChI is InChI=1S/C15H14ClF3N2O2/c1-4-14(15(17,18)19)11-7-10(16)5-6-12(11)20-13(9-22,23-14)8-21(2)3/h1,5-7,9,20H,8H2,2-3H3. The van der Waals surface area contributed by atoms with Crippen LogP contribution in [0.3, 0.4) is 0 Å². The summed E-state index contributed by atoms with van der Waals surface area (Å²) >= 11 is 5.80. The maximum absolute atomic E-state index is 13.8. The zero-order chi connectivity index (χ0) is 17.5. The Labute approximate surface area is 136 Å². The highest BCUT2D eigenvalue weighted by atomic mass is 35.5. The van der Waals surface area contributed by atoms with Crippen molar-refractivity contribution >= 4 is 23.6 Å². The largest absolute Gasteiger partial charge is 0.433 e. The first-order valence-electron chi connectivity index (χ1n) is 6.53. The third-order valence-electron chi connectivity index (χ3n) is 3.39. The summed E-state index contributed by atoms with van der Waals surface area (Å²) in [4.78, 5) is 13.1. The van der Waals surface area contributed by atoms with Gasteiger partial charge in [-0.05, 0) is 32.3 Å². The Hall–Kier alpha value is -1.75. The van der Waals surface area contributed by atoms with Crippen molar-refractivity contribution in [1.82, 2.24) is 4.90 Å². The molecule has 8 heteroatoms. The van der Waals surface area contributed by atoms with Gasteiger partial charge in [-0.15, -0.1) is 6.42 Å². The highest BCUT2D eigenvalue weighted by Gasteiger charge is 2.63. The fourth-order valence-corrected chi connectivity index (χ4v) is 2.70. The Kier molecular flexibility index (Phi) is 4.37. The molecule has 1 heterocycles. The zero-order valence-electron chi connectivity index (χ0n) is 12.4. The van der Waals surface area contributed by atoms with Crippen LogP contribution in [0.5, 0.6) is 0 Å². The Balaban J connectivity index is 2.73. The maximum Gasteiger partial charge on any atom is 0.433 e. The molecule has 2 unspecified atom stereocenters. The summed E-state index contributed by atoms with van der Waals surface area (Å²) in [7, 11) is 3.19. The number of terminal acetylenes is 1. The molecule has 0 aromatic heterocycles. The van der Waals surface area contributed by atoms with Crippen molar-refractivity contribution < 1.29 is 22.7 Å². The number of aldehydes is 1. The third-order valence-corrected chi connectivity index (χ3v) is 3.62. The highest BCUT2D eigenvalue weighted by Crippen LogP contribution is 2.50. The van der Waals surface area contributed by atoms with Crippen LogP contribution in [0.25, 0.3) is 0 Å². The van der Waals surface area contributed by atoms with Crippen LogP contribution in [-0.4, -0.2) is 43.7 Å². The molecule has 0 bridgehead atoms. The number of nitrogens with one attached hydrogen (secondary N) is 1. The number of hydrogen-bond donors (Lipinski definition) is 1. The Bertz CT molecular complexity index is 672. The molecule has 1 aliphatic heterocycles. The summed E-state index contributed by atoms with van der Waals surface area (Å²) < 4.78 is 46.4. The fraction of sp³-hybridized carbons (Fsp3) is 0.400. The van der Waals surface area contributed by atoms with Crippen molar-refractivity contribution in [3.8, 4) is 12.3 Å². The molecule has 0 spiro atoms. The molecule has 124 valence electrons. The van der Waals surface area contributed by atoms with Gasteiger partial charge in [0, 0.05) is 16.3 Å². The van der Waals surface area contributed by atoms with Crippen LogP contribution in [-0.2, 0) is 15.1 Å². The van der Waals surface area contributed by atoms with Gasteiger partial charge >= 0.3 is 6.18 Å². The molecule has 4 nitrogen and oxygen atoms in total. The average molecular weight is 347 g/mol. The molecule has 0 saturated carbocycles. The van der Waals surface area contributed by atoms with Crippen LogP contribution in [0.1, 0.15) is 5.56 Å². The van der Waals surface area contributed by atoms with Crippen LogP contribution >= 0.6 is 11.6 Å². The number of anilines is 1. The van der Waals surface area contributed by atoms with E-state index in [0.29, 0.717) is 0 Å². The summed E-state index contributed by atoms with van der Waals surface area (Å²) in [5.74, 6) is 1.68. The lowest BCUT2D eigenvalue weighted by molar-refractivity contribution is -0.286. The van der Waals surface area contributed by atoms with E-state index in [9.17, 15) is 18.0 Å². The smallest absolute Gasteiger partial charge is 0.350 e. The molecule has 0 amide bonds. The first-order chi connectivity index (χ1) is 10.6. The van der Waals surface area contributed by atoms with Crippen LogP contribution < -0.4 is 5.32 Å². The van der Waals surface area contributed by atoms with E-state index in [2.05, 4.69) is 5.32 Å². The highest BCUT2D eigenvalue weighted by molar-refractivity contribution is 6.30. The minimum atomic E-state index is -4.94. The SMILES string of the molecule is C#CC1(C(F)(F)F)OC(C=O)(CN(C)C)Nc2ccc(Cl)cc21. The van der Waals surface area contributed by atoms with Crippen LogP contribution in [0.4, 0.5) is 18.9 Å². The summed E-state index contributed by atoms with van der Waals surface area (Å²) in [6.07, 6.45) is 0.540. The quantitative estimate of drug-likeness (QED) is 0.675. The van der Waals surface area contributed by atoms with E-state index >= 15 is 0 Å². The van der Waals surface area contributed by atoms with Crippen LogP contribution in [0, 0.1) is 12.3 Å². The summed E-state index contributed by atoms with van der Waals surface area (Å²) in [5.41, 5.74) is -5.32. The Morgan fingerprint density at radius 2 is 2.13 bits per heavy atom. The van der Waals surface area contributed by atoms with Gasteiger partial charge < -0.3 is 15.0 Å². The molecule has 0 saturated heterocycles. The number of ether oxygens (including phenoxy) is 1. The molecule has 2 rings (SSSR count). The van der Waals surface area contributed by atoms with Gasteiger partial charge in [0.25, 0.3) is 5.60 Å². The summed E-state index contributed by atoms with van der Waals surface area (Å²) in [5, 5.41) is 2.77. The van der Waals surface area contributed by atoms with Gasteiger partial charge in [-0.25, -0.2) is 0 Å². The lowest BCUT2D eigenvalue weighted by Gasteiger charge is -2.46. The van der Waals surface area contributed by atoms with Crippen molar-refractivity contribution in [3.63, 3.8) is 0 Å². The number of carbonyl (C=O) groups is 1. The van der Waals surface area contributed by atoms with Gasteiger partial charge in [-0.1, -0.05) is 17.5 Å². The minimum absolute atomic E-state index is 0.0462. The number of hydrogen-bond acceptors (Lipinski definition) is 4. The molecule has 0 aliphatic carbocycles. The number of nitrogens with zero attached hydrogens (tertiary/aromatic N) is 1. The molecule has 1 N–H and O–H groups in total. The second kappa shape index (κ2) is 5.71. The number of rotatable bonds is 3. The molecule has 0 radical (unpaired) electrons. The summed E-state index contributed by atoms with van der Waals surface area (Å²) in [6, 6.07) is 3.83. The average Bonchev–Trinajstić information content (AvgIpc) is 2.45. The second-order valence-corrected chi connectivity index (χ2v) is 5.92. The molecule has 23 heavy (non-hydrogen) atoms. The molecule has 1 aromatic rings. The second-order valence-electron chi connectivity index (χ2n) is 5.49. The predicted octanol–water partition coefficient (Wildman–Crippen LogP) is 2.63. The molecular weight excluding hydrogens is 333 g/mol. The van der Waals surface area contributed by atoms with Gasteiger partial charge in [-0.2, -0.15) is 13.2 Å².